The molecule has 0 radical (unpaired) electrons. The molecule has 0 aliphatic carbocycles. The van der Waals surface area contributed by atoms with Gasteiger partial charge in [-0.2, -0.15) is 0 Å². The topological polar surface area (TPSA) is 106 Å². The van der Waals surface area contributed by atoms with Gasteiger partial charge in [-0.25, -0.2) is 9.19 Å². The Hall–Kier alpha value is -2.48. The summed E-state index contributed by atoms with van der Waals surface area (Å²) in [7, 11) is -2.19. The van der Waals surface area contributed by atoms with Crippen molar-refractivity contribution in [3.63, 3.8) is 0 Å². The van der Waals surface area contributed by atoms with Gasteiger partial charge < -0.3 is 4.74 Å². The Bertz CT molecular complexity index is 675. The van der Waals surface area contributed by atoms with Gasteiger partial charge in [0.05, 0.1) is 15.5 Å². The van der Waals surface area contributed by atoms with E-state index < -0.39 is 15.5 Å². The lowest BCUT2D eigenvalue weighted by molar-refractivity contribution is -0.385. The fourth-order valence-electron chi connectivity index (χ4n) is 1.33. The van der Waals surface area contributed by atoms with Crippen LogP contribution < -0.4 is 4.74 Å². The third-order valence-corrected chi connectivity index (χ3v) is 2.95. The molecule has 0 aliphatic rings. The van der Waals surface area contributed by atoms with Crippen LogP contribution >= 0.6 is 0 Å². The summed E-state index contributed by atoms with van der Waals surface area (Å²) < 4.78 is 23.5. The van der Waals surface area contributed by atoms with Crippen LogP contribution in [0.2, 0.25) is 0 Å². The van der Waals surface area contributed by atoms with Gasteiger partial charge in [0, 0.05) is 17.0 Å². The van der Waals surface area contributed by atoms with E-state index in [2.05, 4.69) is 4.98 Å². The van der Waals surface area contributed by atoms with Crippen molar-refractivity contribution >= 4 is 16.3 Å². The molecule has 0 fully saturated rings. The molecule has 1 N–H and O–H groups in total. The lowest BCUT2D eigenvalue weighted by atomic mass is 10.3. The number of aromatic nitrogens is 1. The van der Waals surface area contributed by atoms with Crippen LogP contribution in [0.5, 0.6) is 11.6 Å². The number of hydrogen-bond acceptors (Lipinski definition) is 6. The zero-order chi connectivity index (χ0) is 13.8. The monoisotopic (exact) mass is 279 g/mol. The van der Waals surface area contributed by atoms with Gasteiger partial charge in [0.25, 0.3) is 5.69 Å². The fourth-order valence-corrected chi connectivity index (χ4v) is 1.80. The number of nitro groups is 1. The van der Waals surface area contributed by atoms with Gasteiger partial charge in [0.15, 0.2) is 0 Å². The van der Waals surface area contributed by atoms with Crippen molar-refractivity contribution in [3.8, 4) is 11.6 Å². The highest BCUT2D eigenvalue weighted by molar-refractivity contribution is 7.73. The molecule has 2 rings (SSSR count). The highest BCUT2D eigenvalue weighted by Gasteiger charge is 2.06. The standard InChI is InChI=1S/C11H9N3O4S/c12-19(17)10-3-1-2-9(6-10)18-11-5-4-8(7-13-11)14(15)16/h1-7,12,19H. The van der Waals surface area contributed by atoms with E-state index in [1.54, 1.807) is 18.2 Å². The van der Waals surface area contributed by atoms with Crippen LogP contribution in [0.15, 0.2) is 47.5 Å². The minimum absolute atomic E-state index is 0.129. The van der Waals surface area contributed by atoms with Crippen molar-refractivity contribution in [1.82, 2.24) is 4.98 Å². The molecule has 0 aliphatic heterocycles. The number of rotatable bonds is 4. The first kappa shape index (κ1) is 13.0. The quantitative estimate of drug-likeness (QED) is 0.507. The van der Waals surface area contributed by atoms with Gasteiger partial charge in [0.2, 0.25) is 5.88 Å². The number of pyridine rings is 1. The van der Waals surface area contributed by atoms with E-state index in [1.807, 2.05) is 0 Å². The average Bonchev–Trinajstić information content (AvgIpc) is 2.39. The smallest absolute Gasteiger partial charge is 0.287 e. The SMILES string of the molecule is N=[SH](=O)c1cccc(Oc2ccc([N+](=O)[O-])cn2)c1. The van der Waals surface area contributed by atoms with Crippen molar-refractivity contribution in [2.75, 3.05) is 0 Å². The Labute approximate surface area is 110 Å². The first-order valence-electron chi connectivity index (χ1n) is 5.13. The lowest BCUT2D eigenvalue weighted by Gasteiger charge is -2.04. The second-order valence-electron chi connectivity index (χ2n) is 3.51. The molecule has 1 aromatic heterocycles. The van der Waals surface area contributed by atoms with Crippen LogP contribution in [0, 0.1) is 14.9 Å². The minimum Gasteiger partial charge on any atom is -0.439 e. The second-order valence-corrected chi connectivity index (χ2v) is 4.61. The minimum atomic E-state index is -2.19. The summed E-state index contributed by atoms with van der Waals surface area (Å²) in [6, 6.07) is 8.89. The average molecular weight is 279 g/mol. The zero-order valence-corrected chi connectivity index (χ0v) is 10.4. The van der Waals surface area contributed by atoms with Gasteiger partial charge in [-0.15, -0.1) is 0 Å². The molecule has 0 bridgehead atoms. The summed E-state index contributed by atoms with van der Waals surface area (Å²) in [5.74, 6) is 0.553. The molecule has 1 unspecified atom stereocenters. The molecule has 8 heteroatoms. The van der Waals surface area contributed by atoms with Crippen LogP contribution in [0.4, 0.5) is 5.69 Å². The maximum absolute atomic E-state index is 11.0. The van der Waals surface area contributed by atoms with Crippen molar-refractivity contribution in [2.24, 2.45) is 0 Å². The number of nitrogens with zero attached hydrogens (tertiary/aromatic N) is 2. The van der Waals surface area contributed by atoms with Crippen molar-refractivity contribution in [1.29, 1.82) is 4.78 Å². The van der Waals surface area contributed by atoms with E-state index >= 15 is 0 Å². The molecule has 0 saturated heterocycles. The summed E-state index contributed by atoms with van der Waals surface area (Å²) in [5.41, 5.74) is -0.129. The van der Waals surface area contributed by atoms with Crippen LogP contribution in [0.25, 0.3) is 0 Å². The summed E-state index contributed by atoms with van der Waals surface area (Å²) in [5, 5.41) is 10.5. The molecule has 1 heterocycles. The van der Waals surface area contributed by atoms with Crippen LogP contribution in [-0.2, 0) is 10.6 Å². The van der Waals surface area contributed by atoms with E-state index in [0.717, 1.165) is 6.20 Å². The largest absolute Gasteiger partial charge is 0.439 e. The maximum Gasteiger partial charge on any atom is 0.287 e. The molecule has 2 aromatic rings. The Morgan fingerprint density at radius 3 is 2.68 bits per heavy atom. The Balaban J connectivity index is 2.21. The predicted octanol–water partition coefficient (Wildman–Crippen LogP) is 2.38. The molecule has 0 spiro atoms. The van der Waals surface area contributed by atoms with E-state index in [1.165, 1.54) is 18.2 Å². The highest BCUT2D eigenvalue weighted by atomic mass is 32.2. The fraction of sp³-hybridized carbons (Fsp3) is 0. The Morgan fingerprint density at radius 1 is 1.32 bits per heavy atom. The van der Waals surface area contributed by atoms with E-state index in [9.17, 15) is 14.3 Å². The molecular weight excluding hydrogens is 270 g/mol. The summed E-state index contributed by atoms with van der Waals surface area (Å²) >= 11 is 0. The molecule has 7 nitrogen and oxygen atoms in total. The van der Waals surface area contributed by atoms with Gasteiger partial charge in [-0.3, -0.25) is 14.9 Å². The van der Waals surface area contributed by atoms with Gasteiger partial charge in [0.1, 0.15) is 11.9 Å². The number of nitrogens with one attached hydrogen (secondary N) is 1. The molecule has 0 amide bonds. The van der Waals surface area contributed by atoms with Gasteiger partial charge >= 0.3 is 0 Å². The molecule has 1 atom stereocenters. The lowest BCUT2D eigenvalue weighted by Crippen LogP contribution is -1.92. The third kappa shape index (κ3) is 3.26. The number of hydrogen-bond donors (Lipinski definition) is 2. The summed E-state index contributed by atoms with van der Waals surface area (Å²) in [4.78, 5) is 14.0. The predicted molar refractivity (Wildman–Crippen MR) is 67.9 cm³/mol. The van der Waals surface area contributed by atoms with Crippen LogP contribution in [0.1, 0.15) is 0 Å². The van der Waals surface area contributed by atoms with Crippen molar-refractivity contribution in [2.45, 2.75) is 4.90 Å². The van der Waals surface area contributed by atoms with Gasteiger partial charge in [-0.05, 0) is 18.2 Å². The first-order chi connectivity index (χ1) is 9.06. The zero-order valence-electron chi connectivity index (χ0n) is 9.52. The highest BCUT2D eigenvalue weighted by Crippen LogP contribution is 2.22. The molecule has 98 valence electrons. The molecule has 19 heavy (non-hydrogen) atoms. The molecule has 1 aromatic carbocycles. The Morgan fingerprint density at radius 2 is 2.11 bits per heavy atom. The van der Waals surface area contributed by atoms with Crippen LogP contribution in [0.3, 0.4) is 0 Å². The van der Waals surface area contributed by atoms with E-state index in [0.29, 0.717) is 10.6 Å². The second kappa shape index (κ2) is 5.44. The summed E-state index contributed by atoms with van der Waals surface area (Å²) in [6.45, 7) is 0. The molecule has 0 saturated carbocycles. The normalized spacial score (nSPS) is 11.8. The van der Waals surface area contributed by atoms with Crippen LogP contribution in [-0.4, -0.2) is 14.1 Å². The maximum atomic E-state index is 11.0. The third-order valence-electron chi connectivity index (χ3n) is 2.21. The first-order valence-corrected chi connectivity index (χ1v) is 6.39. The number of benzene rings is 1. The molecular formula is C11H9N3O4S. The summed E-state index contributed by atoms with van der Waals surface area (Å²) in [6.07, 6.45) is 1.09. The number of ether oxygens (including phenoxy) is 1. The van der Waals surface area contributed by atoms with Crippen molar-refractivity contribution in [3.05, 3.63) is 52.7 Å². The van der Waals surface area contributed by atoms with E-state index in [4.69, 9.17) is 9.52 Å². The van der Waals surface area contributed by atoms with E-state index in [-0.39, 0.29) is 11.6 Å². The van der Waals surface area contributed by atoms with Gasteiger partial charge in [-0.1, -0.05) is 6.07 Å². The van der Waals surface area contributed by atoms with Crippen molar-refractivity contribution < 1.29 is 13.9 Å². The number of thiol groups is 1. The Kier molecular flexibility index (Phi) is 3.71.